The van der Waals surface area contributed by atoms with E-state index in [4.69, 9.17) is 5.73 Å². The van der Waals surface area contributed by atoms with Crippen molar-refractivity contribution >= 4 is 0 Å². The monoisotopic (exact) mass is 147 g/mol. The Morgan fingerprint density at radius 3 is 2.30 bits per heavy atom. The van der Waals surface area contributed by atoms with Crippen molar-refractivity contribution in [2.24, 2.45) is 17.6 Å². The predicted molar refractivity (Wildman–Crippen MR) is 33.8 cm³/mol. The molecule has 2 bridgehead atoms. The molecular formula is C7H11F2N. The standard InChI is InChI=1S/C7H11F2N/c8-7(9)3-4-1-5(7)2-6(4)10/h4-6H,1-3,10H2/t4-,5-,6+/m0/s1. The van der Waals surface area contributed by atoms with E-state index < -0.39 is 11.8 Å². The Bertz CT molecular complexity index is 156. The highest BCUT2D eigenvalue weighted by atomic mass is 19.3. The Morgan fingerprint density at radius 1 is 1.30 bits per heavy atom. The highest BCUT2D eigenvalue weighted by molar-refractivity contribution is 5.01. The molecule has 0 amide bonds. The van der Waals surface area contributed by atoms with Crippen LogP contribution < -0.4 is 5.73 Å². The number of hydrogen-bond donors (Lipinski definition) is 1. The Labute approximate surface area is 58.6 Å². The topological polar surface area (TPSA) is 26.0 Å². The summed E-state index contributed by atoms with van der Waals surface area (Å²) < 4.78 is 25.5. The number of nitrogens with two attached hydrogens (primary N) is 1. The third-order valence-corrected chi connectivity index (χ3v) is 2.88. The van der Waals surface area contributed by atoms with Gasteiger partial charge in [0.15, 0.2) is 0 Å². The normalized spacial score (nSPS) is 50.1. The molecular weight excluding hydrogens is 136 g/mol. The van der Waals surface area contributed by atoms with Crippen LogP contribution in [0, 0.1) is 11.8 Å². The zero-order chi connectivity index (χ0) is 7.35. The average molecular weight is 147 g/mol. The zero-order valence-electron chi connectivity index (χ0n) is 5.69. The smallest absolute Gasteiger partial charge is 0.251 e. The highest BCUT2D eigenvalue weighted by Gasteiger charge is 2.55. The lowest BCUT2D eigenvalue weighted by molar-refractivity contribution is -0.0542. The fourth-order valence-electron chi connectivity index (χ4n) is 2.25. The van der Waals surface area contributed by atoms with Gasteiger partial charge in [-0.2, -0.15) is 0 Å². The van der Waals surface area contributed by atoms with Gasteiger partial charge in [-0.15, -0.1) is 0 Å². The van der Waals surface area contributed by atoms with Crippen LogP contribution in [0.4, 0.5) is 8.78 Å². The second-order valence-corrected chi connectivity index (χ2v) is 3.56. The summed E-state index contributed by atoms with van der Waals surface area (Å²) in [4.78, 5) is 0. The van der Waals surface area contributed by atoms with Gasteiger partial charge >= 0.3 is 0 Å². The summed E-state index contributed by atoms with van der Waals surface area (Å²) in [6, 6.07) is 0.0598. The molecule has 0 aromatic heterocycles. The van der Waals surface area contributed by atoms with E-state index in [1.165, 1.54) is 0 Å². The first kappa shape index (κ1) is 6.53. The number of hydrogen-bond acceptors (Lipinski definition) is 1. The largest absolute Gasteiger partial charge is 0.327 e. The van der Waals surface area contributed by atoms with Gasteiger partial charge in [0.25, 0.3) is 5.92 Å². The van der Waals surface area contributed by atoms with E-state index in [0.29, 0.717) is 12.8 Å². The van der Waals surface area contributed by atoms with Gasteiger partial charge in [0.2, 0.25) is 0 Å². The van der Waals surface area contributed by atoms with Crippen molar-refractivity contribution < 1.29 is 8.78 Å². The maximum absolute atomic E-state index is 12.8. The molecule has 0 aromatic rings. The van der Waals surface area contributed by atoms with Crippen LogP contribution in [0.3, 0.4) is 0 Å². The Hall–Kier alpha value is -0.180. The molecule has 0 unspecified atom stereocenters. The Morgan fingerprint density at radius 2 is 2.00 bits per heavy atom. The maximum atomic E-state index is 12.8. The van der Waals surface area contributed by atoms with E-state index in [2.05, 4.69) is 0 Å². The molecule has 2 rings (SSSR count). The van der Waals surface area contributed by atoms with Gasteiger partial charge in [-0.1, -0.05) is 0 Å². The predicted octanol–water partition coefficient (Wildman–Crippen LogP) is 1.38. The van der Waals surface area contributed by atoms with Crippen LogP contribution in [0.15, 0.2) is 0 Å². The van der Waals surface area contributed by atoms with Crippen LogP contribution in [0.2, 0.25) is 0 Å². The molecule has 0 heterocycles. The molecule has 10 heavy (non-hydrogen) atoms. The molecule has 2 aliphatic rings. The first-order chi connectivity index (χ1) is 4.59. The van der Waals surface area contributed by atoms with E-state index in [0.717, 1.165) is 0 Å². The lowest BCUT2D eigenvalue weighted by atomic mass is 9.93. The fourth-order valence-corrected chi connectivity index (χ4v) is 2.25. The number of fused-ring (bicyclic) bond motifs is 2. The van der Waals surface area contributed by atoms with Crippen molar-refractivity contribution in [2.75, 3.05) is 0 Å². The molecule has 58 valence electrons. The molecule has 2 fully saturated rings. The summed E-state index contributed by atoms with van der Waals surface area (Å²) in [6.45, 7) is 0. The van der Waals surface area contributed by atoms with Gasteiger partial charge < -0.3 is 5.73 Å². The quantitative estimate of drug-likeness (QED) is 0.550. The lowest BCUT2D eigenvalue weighted by Crippen LogP contribution is -2.35. The van der Waals surface area contributed by atoms with Crippen molar-refractivity contribution in [3.63, 3.8) is 0 Å². The second-order valence-electron chi connectivity index (χ2n) is 3.56. The molecule has 3 atom stereocenters. The van der Waals surface area contributed by atoms with Gasteiger partial charge in [0.1, 0.15) is 0 Å². The van der Waals surface area contributed by atoms with E-state index >= 15 is 0 Å². The lowest BCUT2D eigenvalue weighted by Gasteiger charge is -2.24. The van der Waals surface area contributed by atoms with Crippen LogP contribution in [-0.2, 0) is 0 Å². The molecule has 0 aliphatic heterocycles. The van der Waals surface area contributed by atoms with E-state index in [9.17, 15) is 8.78 Å². The van der Waals surface area contributed by atoms with Crippen LogP contribution in [0.25, 0.3) is 0 Å². The molecule has 2 saturated carbocycles. The van der Waals surface area contributed by atoms with Crippen molar-refractivity contribution in [2.45, 2.75) is 31.2 Å². The maximum Gasteiger partial charge on any atom is 0.251 e. The zero-order valence-corrected chi connectivity index (χ0v) is 5.69. The first-order valence-electron chi connectivity index (χ1n) is 3.73. The van der Waals surface area contributed by atoms with Crippen molar-refractivity contribution in [3.8, 4) is 0 Å². The summed E-state index contributed by atoms with van der Waals surface area (Å²) in [5, 5.41) is 0. The number of rotatable bonds is 0. The molecule has 3 heteroatoms. The summed E-state index contributed by atoms with van der Waals surface area (Å²) in [7, 11) is 0. The molecule has 0 spiro atoms. The highest BCUT2D eigenvalue weighted by Crippen LogP contribution is 2.52. The average Bonchev–Trinajstić information content (AvgIpc) is 2.21. The summed E-state index contributed by atoms with van der Waals surface area (Å²) >= 11 is 0. The van der Waals surface area contributed by atoms with Gasteiger partial charge in [0, 0.05) is 18.4 Å². The van der Waals surface area contributed by atoms with Gasteiger partial charge in [-0.3, -0.25) is 0 Å². The van der Waals surface area contributed by atoms with Crippen molar-refractivity contribution in [1.82, 2.24) is 0 Å². The van der Waals surface area contributed by atoms with Gasteiger partial charge in [0.05, 0.1) is 0 Å². The van der Waals surface area contributed by atoms with Crippen LogP contribution in [-0.4, -0.2) is 12.0 Å². The summed E-state index contributed by atoms with van der Waals surface area (Å²) in [5.74, 6) is -2.67. The number of halogens is 2. The van der Waals surface area contributed by atoms with Crippen molar-refractivity contribution in [3.05, 3.63) is 0 Å². The molecule has 0 aromatic carbocycles. The summed E-state index contributed by atoms with van der Waals surface area (Å²) in [5.41, 5.74) is 5.61. The fraction of sp³-hybridized carbons (Fsp3) is 1.00. The first-order valence-corrected chi connectivity index (χ1v) is 3.73. The minimum absolute atomic E-state index is 0.0405. The van der Waals surface area contributed by atoms with Gasteiger partial charge in [-0.05, 0) is 18.8 Å². The van der Waals surface area contributed by atoms with E-state index in [1.54, 1.807) is 0 Å². The minimum atomic E-state index is -2.39. The Balaban J connectivity index is 2.16. The van der Waals surface area contributed by atoms with E-state index in [1.807, 2.05) is 0 Å². The molecule has 1 nitrogen and oxygen atoms in total. The van der Waals surface area contributed by atoms with Crippen LogP contribution in [0.1, 0.15) is 19.3 Å². The second kappa shape index (κ2) is 1.70. The SMILES string of the molecule is N[C@@H]1C[C@@H]2C[C@H]1CC2(F)F. The van der Waals surface area contributed by atoms with Gasteiger partial charge in [-0.25, -0.2) is 8.78 Å². The van der Waals surface area contributed by atoms with E-state index in [-0.39, 0.29) is 18.4 Å². The van der Waals surface area contributed by atoms with Crippen LogP contribution in [0.5, 0.6) is 0 Å². The molecule has 0 radical (unpaired) electrons. The van der Waals surface area contributed by atoms with Crippen LogP contribution >= 0.6 is 0 Å². The summed E-state index contributed by atoms with van der Waals surface area (Å²) in [6.07, 6.45) is 1.24. The minimum Gasteiger partial charge on any atom is -0.327 e. The number of alkyl halides is 2. The Kier molecular flexibility index (Phi) is 1.11. The van der Waals surface area contributed by atoms with Crippen molar-refractivity contribution in [1.29, 1.82) is 0 Å². The molecule has 2 N–H and O–H groups in total. The molecule has 0 saturated heterocycles. The third-order valence-electron chi connectivity index (χ3n) is 2.88. The third kappa shape index (κ3) is 0.698. The molecule has 2 aliphatic carbocycles.